The van der Waals surface area contributed by atoms with Crippen LogP contribution in [0.4, 0.5) is 0 Å². The van der Waals surface area contributed by atoms with Crippen LogP contribution in [-0.2, 0) is 9.53 Å². The number of halogens is 1. The van der Waals surface area contributed by atoms with Crippen LogP contribution in [-0.4, -0.2) is 30.8 Å². The van der Waals surface area contributed by atoms with Crippen molar-refractivity contribution in [3.63, 3.8) is 0 Å². The highest BCUT2D eigenvalue weighted by Crippen LogP contribution is 2.25. The zero-order valence-electron chi connectivity index (χ0n) is 10.9. The Labute approximate surface area is 117 Å². The van der Waals surface area contributed by atoms with E-state index in [-0.39, 0.29) is 17.7 Å². The normalized spacial score (nSPS) is 18.5. The van der Waals surface area contributed by atoms with Crippen molar-refractivity contribution in [1.29, 1.82) is 0 Å². The molecular formula is C14H18ClNO3. The Balaban J connectivity index is 1.79. The van der Waals surface area contributed by atoms with Crippen molar-refractivity contribution in [2.24, 2.45) is 5.41 Å². The van der Waals surface area contributed by atoms with Crippen LogP contribution in [0.3, 0.4) is 0 Å². The molecule has 0 aromatic heterocycles. The van der Waals surface area contributed by atoms with Crippen LogP contribution in [0.2, 0.25) is 5.02 Å². The lowest BCUT2D eigenvalue weighted by molar-refractivity contribution is -0.128. The number of ether oxygens (including phenoxy) is 1. The zero-order chi connectivity index (χ0) is 13.9. The van der Waals surface area contributed by atoms with E-state index in [4.69, 9.17) is 16.3 Å². The summed E-state index contributed by atoms with van der Waals surface area (Å²) < 4.78 is 5.12. The monoisotopic (exact) mass is 283 g/mol. The number of hydrogen-bond acceptors (Lipinski definition) is 3. The molecule has 1 saturated heterocycles. The van der Waals surface area contributed by atoms with Crippen molar-refractivity contribution in [3.05, 3.63) is 34.9 Å². The molecule has 1 atom stereocenters. The molecule has 1 heterocycles. The number of nitrogens with one attached hydrogen (secondary N) is 1. The predicted molar refractivity (Wildman–Crippen MR) is 73.0 cm³/mol. The molecular weight excluding hydrogens is 266 g/mol. The van der Waals surface area contributed by atoms with Gasteiger partial charge in [-0.15, -0.1) is 0 Å². The first kappa shape index (κ1) is 14.3. The van der Waals surface area contributed by atoms with Crippen LogP contribution >= 0.6 is 11.6 Å². The molecule has 1 aliphatic heterocycles. The van der Waals surface area contributed by atoms with E-state index in [9.17, 15) is 9.90 Å². The molecule has 1 amide bonds. The van der Waals surface area contributed by atoms with E-state index in [1.165, 1.54) is 0 Å². The number of hydrogen-bond donors (Lipinski definition) is 2. The van der Waals surface area contributed by atoms with E-state index in [1.807, 2.05) is 0 Å². The lowest BCUT2D eigenvalue weighted by atomic mass is 9.88. The number of aliphatic hydroxyl groups is 1. The average molecular weight is 284 g/mol. The lowest BCUT2D eigenvalue weighted by Gasteiger charge is -2.38. The number of benzene rings is 1. The van der Waals surface area contributed by atoms with E-state index < -0.39 is 6.10 Å². The van der Waals surface area contributed by atoms with E-state index in [0.717, 1.165) is 0 Å². The quantitative estimate of drug-likeness (QED) is 0.868. The third-order valence-electron chi connectivity index (χ3n) is 3.25. The summed E-state index contributed by atoms with van der Waals surface area (Å²) in [6, 6.07) is 6.85. The third kappa shape index (κ3) is 3.93. The van der Waals surface area contributed by atoms with Gasteiger partial charge in [0.15, 0.2) is 0 Å². The SMILES string of the molecule is CC1(CNC(=O)CC(O)c2ccc(Cl)cc2)COC1. The van der Waals surface area contributed by atoms with Crippen LogP contribution < -0.4 is 5.32 Å². The largest absolute Gasteiger partial charge is 0.388 e. The summed E-state index contributed by atoms with van der Waals surface area (Å²) in [5, 5.41) is 13.4. The maximum Gasteiger partial charge on any atom is 0.222 e. The van der Waals surface area contributed by atoms with Crippen molar-refractivity contribution in [2.75, 3.05) is 19.8 Å². The first-order valence-corrected chi connectivity index (χ1v) is 6.64. The summed E-state index contributed by atoms with van der Waals surface area (Å²) >= 11 is 5.77. The Morgan fingerprint density at radius 2 is 2.11 bits per heavy atom. The maximum atomic E-state index is 11.7. The molecule has 1 fully saturated rings. The Kier molecular flexibility index (Phi) is 4.45. The minimum atomic E-state index is -0.803. The Morgan fingerprint density at radius 1 is 1.47 bits per heavy atom. The molecule has 1 aliphatic rings. The highest BCUT2D eigenvalue weighted by Gasteiger charge is 2.33. The van der Waals surface area contributed by atoms with Gasteiger partial charge in [0.2, 0.25) is 5.91 Å². The Morgan fingerprint density at radius 3 is 2.63 bits per heavy atom. The number of aliphatic hydroxyl groups excluding tert-OH is 1. The number of amides is 1. The van der Waals surface area contributed by atoms with Crippen LogP contribution in [0.5, 0.6) is 0 Å². The van der Waals surface area contributed by atoms with Gasteiger partial charge in [0, 0.05) is 17.0 Å². The van der Waals surface area contributed by atoms with E-state index >= 15 is 0 Å². The minimum Gasteiger partial charge on any atom is -0.388 e. The Bertz CT molecular complexity index is 443. The first-order chi connectivity index (χ1) is 8.98. The van der Waals surface area contributed by atoms with Crippen molar-refractivity contribution >= 4 is 17.5 Å². The molecule has 1 unspecified atom stereocenters. The van der Waals surface area contributed by atoms with Crippen molar-refractivity contribution in [3.8, 4) is 0 Å². The van der Waals surface area contributed by atoms with E-state index in [0.29, 0.717) is 30.3 Å². The molecule has 0 bridgehead atoms. The summed E-state index contributed by atoms with van der Waals surface area (Å²) in [5.41, 5.74) is 0.735. The summed E-state index contributed by atoms with van der Waals surface area (Å²) in [6.45, 7) is 3.99. The second-order valence-corrected chi connectivity index (χ2v) is 5.79. The minimum absolute atomic E-state index is 0.0425. The van der Waals surface area contributed by atoms with Crippen LogP contribution in [0.25, 0.3) is 0 Å². The van der Waals surface area contributed by atoms with Gasteiger partial charge in [-0.2, -0.15) is 0 Å². The fraction of sp³-hybridized carbons (Fsp3) is 0.500. The molecule has 5 heteroatoms. The highest BCUT2D eigenvalue weighted by molar-refractivity contribution is 6.30. The molecule has 19 heavy (non-hydrogen) atoms. The molecule has 0 aliphatic carbocycles. The van der Waals surface area contributed by atoms with Gasteiger partial charge in [0.05, 0.1) is 25.7 Å². The van der Waals surface area contributed by atoms with Gasteiger partial charge in [-0.25, -0.2) is 0 Å². The van der Waals surface area contributed by atoms with Crippen LogP contribution in [0.1, 0.15) is 25.0 Å². The summed E-state index contributed by atoms with van der Waals surface area (Å²) in [4.78, 5) is 11.7. The standard InChI is InChI=1S/C14H18ClNO3/c1-14(8-19-9-14)7-16-13(18)6-12(17)10-2-4-11(15)5-3-10/h2-5,12,17H,6-9H2,1H3,(H,16,18). The fourth-order valence-electron chi connectivity index (χ4n) is 1.92. The maximum absolute atomic E-state index is 11.7. The average Bonchev–Trinajstić information content (AvgIpc) is 2.35. The molecule has 2 N–H and O–H groups in total. The van der Waals surface area contributed by atoms with Crippen molar-refractivity contribution in [1.82, 2.24) is 5.32 Å². The van der Waals surface area contributed by atoms with Crippen molar-refractivity contribution in [2.45, 2.75) is 19.4 Å². The van der Waals surface area contributed by atoms with Gasteiger partial charge in [-0.05, 0) is 17.7 Å². The summed E-state index contributed by atoms with van der Waals surface area (Å²) in [6.07, 6.45) is -0.749. The molecule has 0 spiro atoms. The number of carbonyl (C=O) groups excluding carboxylic acids is 1. The van der Waals surface area contributed by atoms with Gasteiger partial charge in [0.1, 0.15) is 0 Å². The molecule has 0 saturated carbocycles. The zero-order valence-corrected chi connectivity index (χ0v) is 11.6. The van der Waals surface area contributed by atoms with Gasteiger partial charge in [0.25, 0.3) is 0 Å². The first-order valence-electron chi connectivity index (χ1n) is 6.26. The van der Waals surface area contributed by atoms with Crippen molar-refractivity contribution < 1.29 is 14.6 Å². The Hall–Kier alpha value is -1.10. The molecule has 104 valence electrons. The van der Waals surface area contributed by atoms with Gasteiger partial charge < -0.3 is 15.2 Å². The van der Waals surface area contributed by atoms with Crippen LogP contribution in [0, 0.1) is 5.41 Å². The second kappa shape index (κ2) is 5.90. The number of carbonyl (C=O) groups is 1. The molecule has 0 radical (unpaired) electrons. The van der Waals surface area contributed by atoms with E-state index in [1.54, 1.807) is 24.3 Å². The number of rotatable bonds is 5. The topological polar surface area (TPSA) is 58.6 Å². The second-order valence-electron chi connectivity index (χ2n) is 5.35. The van der Waals surface area contributed by atoms with Gasteiger partial charge >= 0.3 is 0 Å². The lowest BCUT2D eigenvalue weighted by Crippen LogP contribution is -2.48. The molecule has 4 nitrogen and oxygen atoms in total. The van der Waals surface area contributed by atoms with Crippen LogP contribution in [0.15, 0.2) is 24.3 Å². The smallest absolute Gasteiger partial charge is 0.222 e. The predicted octanol–water partition coefficient (Wildman–Crippen LogP) is 1.92. The highest BCUT2D eigenvalue weighted by atomic mass is 35.5. The summed E-state index contributed by atoms with van der Waals surface area (Å²) in [5.74, 6) is -0.157. The van der Waals surface area contributed by atoms with E-state index in [2.05, 4.69) is 12.2 Å². The van der Waals surface area contributed by atoms with Gasteiger partial charge in [-0.1, -0.05) is 30.7 Å². The molecule has 2 rings (SSSR count). The molecule has 1 aromatic carbocycles. The fourth-order valence-corrected chi connectivity index (χ4v) is 2.04. The van der Waals surface area contributed by atoms with Gasteiger partial charge in [-0.3, -0.25) is 4.79 Å². The molecule has 1 aromatic rings. The summed E-state index contributed by atoms with van der Waals surface area (Å²) in [7, 11) is 0. The third-order valence-corrected chi connectivity index (χ3v) is 3.50.